The van der Waals surface area contributed by atoms with Gasteiger partial charge in [0, 0.05) is 22.2 Å². The number of hydrogen-bond donors (Lipinski definition) is 1. The number of nitrogens with one attached hydrogen (secondary N) is 1. The molecule has 0 aliphatic carbocycles. The van der Waals surface area contributed by atoms with E-state index in [0.29, 0.717) is 40.4 Å². The van der Waals surface area contributed by atoms with E-state index >= 15 is 0 Å². The van der Waals surface area contributed by atoms with E-state index in [-0.39, 0.29) is 11.3 Å². The number of anilines is 1. The molecule has 3 aromatic rings. The van der Waals surface area contributed by atoms with Crippen molar-refractivity contribution >= 4 is 39.2 Å². The number of non-ortho nitro benzene ring substituents is 1. The topological polar surface area (TPSA) is 117 Å². The lowest BCUT2D eigenvalue weighted by atomic mass is 10.1. The summed E-state index contributed by atoms with van der Waals surface area (Å²) in [6.07, 6.45) is -1.27. The minimum Gasteiger partial charge on any atom is -0.486 e. The smallest absolute Gasteiger partial charge is 0.339 e. The summed E-state index contributed by atoms with van der Waals surface area (Å²) in [7, 11) is 0. The molecule has 1 N–H and O–H groups in total. The molecule has 1 heterocycles. The number of benzene rings is 3. The molecule has 0 spiro atoms. The minimum absolute atomic E-state index is 0.135. The van der Waals surface area contributed by atoms with Crippen molar-refractivity contribution in [2.45, 2.75) is 6.10 Å². The van der Waals surface area contributed by atoms with Gasteiger partial charge in [0.25, 0.3) is 11.6 Å². The van der Waals surface area contributed by atoms with Crippen LogP contribution in [0, 0.1) is 10.1 Å². The number of fused-ring (bicyclic) bond motifs is 1. The second kappa shape index (κ2) is 9.70. The summed E-state index contributed by atoms with van der Waals surface area (Å²) in [5.41, 5.74) is 0.815. The molecule has 0 bridgehead atoms. The van der Waals surface area contributed by atoms with Crippen LogP contribution in [0.25, 0.3) is 0 Å². The molecule has 1 aliphatic rings. The molecule has 1 atom stereocenters. The number of rotatable bonds is 6. The van der Waals surface area contributed by atoms with E-state index in [1.807, 2.05) is 0 Å². The second-order valence-electron chi connectivity index (χ2n) is 6.96. The summed E-state index contributed by atoms with van der Waals surface area (Å²) in [5.74, 6) is -0.398. The molecule has 0 fully saturated rings. The molecule has 168 valence electrons. The first-order chi connectivity index (χ1) is 15.9. The summed E-state index contributed by atoms with van der Waals surface area (Å²) >= 11 is 3.22. The van der Waals surface area contributed by atoms with E-state index < -0.39 is 22.9 Å². The molecule has 0 unspecified atom stereocenters. The van der Waals surface area contributed by atoms with Crippen LogP contribution in [0.4, 0.5) is 11.4 Å². The fourth-order valence-corrected chi connectivity index (χ4v) is 3.63. The number of esters is 1. The lowest BCUT2D eigenvalue weighted by Crippen LogP contribution is -2.26. The van der Waals surface area contributed by atoms with E-state index in [4.69, 9.17) is 14.2 Å². The molecule has 3 aromatic carbocycles. The third-order valence-electron chi connectivity index (χ3n) is 4.76. The predicted octanol–water partition coefficient (Wildman–Crippen LogP) is 4.67. The second-order valence-corrected chi connectivity index (χ2v) is 7.82. The van der Waals surface area contributed by atoms with Crippen LogP contribution in [0.2, 0.25) is 0 Å². The molecule has 9 nitrogen and oxygen atoms in total. The summed E-state index contributed by atoms with van der Waals surface area (Å²) in [6, 6.07) is 17.1. The summed E-state index contributed by atoms with van der Waals surface area (Å²) < 4.78 is 16.9. The quantitative estimate of drug-likeness (QED) is 0.289. The van der Waals surface area contributed by atoms with Crippen molar-refractivity contribution in [1.29, 1.82) is 0 Å². The Hall–Kier alpha value is -3.92. The summed E-state index contributed by atoms with van der Waals surface area (Å²) in [6.45, 7) is 0.788. The van der Waals surface area contributed by atoms with E-state index in [0.717, 1.165) is 0 Å². The molecule has 0 aromatic heterocycles. The van der Waals surface area contributed by atoms with Gasteiger partial charge in [-0.3, -0.25) is 14.9 Å². The Morgan fingerprint density at radius 3 is 2.42 bits per heavy atom. The van der Waals surface area contributed by atoms with Gasteiger partial charge in [0.15, 0.2) is 11.5 Å². The maximum absolute atomic E-state index is 13.1. The Labute approximate surface area is 196 Å². The Morgan fingerprint density at radius 1 is 1.00 bits per heavy atom. The van der Waals surface area contributed by atoms with Crippen LogP contribution >= 0.6 is 15.9 Å². The molecule has 10 heteroatoms. The zero-order valence-electron chi connectivity index (χ0n) is 17.0. The molecule has 1 amide bonds. The number of carbonyl (C=O) groups excluding carboxylic acids is 2. The average Bonchev–Trinajstić information content (AvgIpc) is 2.83. The SMILES string of the molecule is O=C(O[C@H](C(=O)Nc1ccc([N+](=O)[O-])cc1Br)c1ccccc1)c1ccc2c(c1)OCCO2. The molecular weight excluding hydrogens is 496 g/mol. The largest absolute Gasteiger partial charge is 0.486 e. The van der Waals surface area contributed by atoms with Crippen LogP contribution < -0.4 is 14.8 Å². The van der Waals surface area contributed by atoms with Gasteiger partial charge in [0.05, 0.1) is 16.2 Å². The Bertz CT molecular complexity index is 1220. The molecule has 1 aliphatic heterocycles. The number of halogens is 1. The van der Waals surface area contributed by atoms with Crippen molar-refractivity contribution in [2.75, 3.05) is 18.5 Å². The number of carbonyl (C=O) groups is 2. The van der Waals surface area contributed by atoms with Crippen molar-refractivity contribution in [3.63, 3.8) is 0 Å². The molecule has 4 rings (SSSR count). The Kier molecular flexibility index (Phi) is 6.55. The number of amides is 1. The Balaban J connectivity index is 1.57. The molecule has 0 radical (unpaired) electrons. The van der Waals surface area contributed by atoms with Crippen LogP contribution in [0.5, 0.6) is 11.5 Å². The van der Waals surface area contributed by atoms with Gasteiger partial charge in [-0.15, -0.1) is 0 Å². The number of nitro benzene ring substituents is 1. The van der Waals surface area contributed by atoms with Gasteiger partial charge >= 0.3 is 5.97 Å². The number of nitro groups is 1. The van der Waals surface area contributed by atoms with Crippen molar-refractivity contribution < 1.29 is 28.7 Å². The van der Waals surface area contributed by atoms with E-state index in [1.54, 1.807) is 36.4 Å². The van der Waals surface area contributed by atoms with Crippen LogP contribution in [0.15, 0.2) is 71.2 Å². The first-order valence-corrected chi connectivity index (χ1v) is 10.6. The maximum atomic E-state index is 13.1. The zero-order chi connectivity index (χ0) is 23.4. The van der Waals surface area contributed by atoms with Crippen LogP contribution in [0.3, 0.4) is 0 Å². The lowest BCUT2D eigenvalue weighted by molar-refractivity contribution is -0.384. The summed E-state index contributed by atoms with van der Waals surface area (Å²) in [4.78, 5) is 36.4. The first-order valence-electron chi connectivity index (χ1n) is 9.83. The maximum Gasteiger partial charge on any atom is 0.339 e. The zero-order valence-corrected chi connectivity index (χ0v) is 18.6. The predicted molar refractivity (Wildman–Crippen MR) is 121 cm³/mol. The fraction of sp³-hybridized carbons (Fsp3) is 0.130. The van der Waals surface area contributed by atoms with Gasteiger partial charge in [0.1, 0.15) is 13.2 Å². The van der Waals surface area contributed by atoms with Gasteiger partial charge < -0.3 is 19.5 Å². The minimum atomic E-state index is -1.27. The van der Waals surface area contributed by atoms with Gasteiger partial charge in [0.2, 0.25) is 6.10 Å². The average molecular weight is 513 g/mol. The molecular formula is C23H17BrN2O7. The highest BCUT2D eigenvalue weighted by molar-refractivity contribution is 9.10. The monoisotopic (exact) mass is 512 g/mol. The number of hydrogen-bond acceptors (Lipinski definition) is 7. The highest BCUT2D eigenvalue weighted by Gasteiger charge is 2.27. The van der Waals surface area contributed by atoms with Crippen LogP contribution in [-0.4, -0.2) is 30.0 Å². The standard InChI is InChI=1S/C23H17BrN2O7/c24-17-13-16(26(29)30)7-8-18(17)25-22(27)21(14-4-2-1-3-5-14)33-23(28)15-6-9-19-20(12-15)32-11-10-31-19/h1-9,12-13,21H,10-11H2,(H,25,27)/t21-/m0/s1. The number of nitrogens with zero attached hydrogens (tertiary/aromatic N) is 1. The van der Waals surface area contributed by atoms with Gasteiger partial charge in [-0.1, -0.05) is 30.3 Å². The fourth-order valence-electron chi connectivity index (χ4n) is 3.16. The van der Waals surface area contributed by atoms with Crippen molar-refractivity contribution in [3.05, 3.63) is 92.4 Å². The lowest BCUT2D eigenvalue weighted by Gasteiger charge is -2.20. The molecule has 0 saturated carbocycles. The highest BCUT2D eigenvalue weighted by Crippen LogP contribution is 2.32. The molecule has 33 heavy (non-hydrogen) atoms. The van der Waals surface area contributed by atoms with E-state index in [9.17, 15) is 19.7 Å². The van der Waals surface area contributed by atoms with E-state index in [1.165, 1.54) is 30.3 Å². The highest BCUT2D eigenvalue weighted by atomic mass is 79.9. The first kappa shape index (κ1) is 22.3. The van der Waals surface area contributed by atoms with E-state index in [2.05, 4.69) is 21.2 Å². The molecule has 0 saturated heterocycles. The van der Waals surface area contributed by atoms with Crippen molar-refractivity contribution in [1.82, 2.24) is 0 Å². The van der Waals surface area contributed by atoms with Crippen molar-refractivity contribution in [3.8, 4) is 11.5 Å². The normalized spacial score (nSPS) is 13.0. The Morgan fingerprint density at radius 2 is 1.73 bits per heavy atom. The third kappa shape index (κ3) is 5.12. The van der Waals surface area contributed by atoms with Crippen LogP contribution in [0.1, 0.15) is 22.0 Å². The third-order valence-corrected chi connectivity index (χ3v) is 5.42. The van der Waals surface area contributed by atoms with Gasteiger partial charge in [-0.25, -0.2) is 4.79 Å². The summed E-state index contributed by atoms with van der Waals surface area (Å²) in [5, 5.41) is 13.6. The van der Waals surface area contributed by atoms with Crippen LogP contribution in [-0.2, 0) is 9.53 Å². The number of ether oxygens (including phenoxy) is 3. The van der Waals surface area contributed by atoms with Crippen molar-refractivity contribution in [2.24, 2.45) is 0 Å². The van der Waals surface area contributed by atoms with Gasteiger partial charge in [-0.2, -0.15) is 0 Å². The van der Waals surface area contributed by atoms with Gasteiger partial charge in [-0.05, 0) is 40.2 Å².